The average Bonchev–Trinajstić information content (AvgIpc) is 2.34. The number of hydrogen-bond acceptors (Lipinski definition) is 2. The van der Waals surface area contributed by atoms with Crippen LogP contribution >= 0.6 is 11.6 Å². The molecule has 0 aromatic rings. The van der Waals surface area contributed by atoms with Gasteiger partial charge in [-0.1, -0.05) is 17.7 Å². The summed E-state index contributed by atoms with van der Waals surface area (Å²) < 4.78 is 4.48. The molecule has 0 spiro atoms. The zero-order chi connectivity index (χ0) is 7.56. The third-order valence-electron chi connectivity index (χ3n) is 1.31. The predicted molar refractivity (Wildman–Crippen MR) is 38.7 cm³/mol. The molecule has 0 atom stereocenters. The van der Waals surface area contributed by atoms with Crippen molar-refractivity contribution in [3.05, 3.63) is 22.8 Å². The molecule has 0 saturated heterocycles. The first-order valence-electron chi connectivity index (χ1n) is 2.89. The third kappa shape index (κ3) is 1.21. The normalized spacial score (nSPS) is 16.2. The van der Waals surface area contributed by atoms with E-state index in [1.807, 2.05) is 6.08 Å². The number of ether oxygens (including phenoxy) is 1. The van der Waals surface area contributed by atoms with Crippen LogP contribution in [-0.2, 0) is 9.53 Å². The highest BCUT2D eigenvalue weighted by molar-refractivity contribution is 6.33. The maximum absolute atomic E-state index is 10.8. The summed E-state index contributed by atoms with van der Waals surface area (Å²) in [6.45, 7) is 0. The van der Waals surface area contributed by atoms with Crippen LogP contribution in [0, 0.1) is 0 Å². The average molecular weight is 159 g/mol. The van der Waals surface area contributed by atoms with Crippen LogP contribution in [0.4, 0.5) is 0 Å². The molecule has 0 heterocycles. The zero-order valence-electron chi connectivity index (χ0n) is 5.56. The van der Waals surface area contributed by atoms with Crippen LogP contribution in [0.3, 0.4) is 0 Å². The molecule has 0 fully saturated rings. The Hall–Kier alpha value is -0.760. The number of halogens is 1. The summed E-state index contributed by atoms with van der Waals surface area (Å²) in [6, 6.07) is 0. The Labute approximate surface area is 64.1 Å². The SMILES string of the molecule is COC(=O)C1=C(Cl)C=CC1. The van der Waals surface area contributed by atoms with Crippen molar-refractivity contribution < 1.29 is 9.53 Å². The first kappa shape index (κ1) is 7.35. The first-order chi connectivity index (χ1) is 4.75. The molecule has 0 saturated carbocycles. The second-order valence-electron chi connectivity index (χ2n) is 1.92. The maximum Gasteiger partial charge on any atom is 0.335 e. The molecule has 0 amide bonds. The monoisotopic (exact) mass is 158 g/mol. The lowest BCUT2D eigenvalue weighted by atomic mass is 10.2. The predicted octanol–water partition coefficient (Wildman–Crippen LogP) is 1.61. The molecule has 0 radical (unpaired) electrons. The minimum absolute atomic E-state index is 0.338. The Morgan fingerprint density at radius 1 is 1.80 bits per heavy atom. The van der Waals surface area contributed by atoms with Gasteiger partial charge < -0.3 is 4.74 Å². The minimum atomic E-state index is -0.338. The quantitative estimate of drug-likeness (QED) is 0.542. The molecular formula is C7H7ClO2. The van der Waals surface area contributed by atoms with Gasteiger partial charge in [0.2, 0.25) is 0 Å². The summed E-state index contributed by atoms with van der Waals surface area (Å²) in [6.07, 6.45) is 4.12. The number of hydrogen-bond donors (Lipinski definition) is 0. The van der Waals surface area contributed by atoms with Crippen LogP contribution in [0.2, 0.25) is 0 Å². The van der Waals surface area contributed by atoms with E-state index in [2.05, 4.69) is 4.74 Å². The van der Waals surface area contributed by atoms with Crippen molar-refractivity contribution >= 4 is 17.6 Å². The van der Waals surface area contributed by atoms with Crippen molar-refractivity contribution in [2.24, 2.45) is 0 Å². The second kappa shape index (κ2) is 2.88. The maximum atomic E-state index is 10.8. The van der Waals surface area contributed by atoms with Crippen molar-refractivity contribution in [3.63, 3.8) is 0 Å². The molecule has 1 aliphatic rings. The first-order valence-corrected chi connectivity index (χ1v) is 3.27. The lowest BCUT2D eigenvalue weighted by Gasteiger charge is -1.97. The van der Waals surface area contributed by atoms with E-state index >= 15 is 0 Å². The largest absolute Gasteiger partial charge is 0.466 e. The Bertz CT molecular complexity index is 216. The van der Waals surface area contributed by atoms with Crippen LogP contribution in [0.25, 0.3) is 0 Å². The van der Waals surface area contributed by atoms with Crippen molar-refractivity contribution in [3.8, 4) is 0 Å². The molecule has 1 aliphatic carbocycles. The van der Waals surface area contributed by atoms with Crippen molar-refractivity contribution in [2.75, 3.05) is 7.11 Å². The minimum Gasteiger partial charge on any atom is -0.466 e. The summed E-state index contributed by atoms with van der Waals surface area (Å²) in [5.41, 5.74) is 0.546. The molecular weight excluding hydrogens is 152 g/mol. The van der Waals surface area contributed by atoms with E-state index in [0.29, 0.717) is 17.0 Å². The molecule has 54 valence electrons. The standard InChI is InChI=1S/C7H7ClO2/c1-10-7(9)5-3-2-4-6(5)8/h2,4H,3H2,1H3. The van der Waals surface area contributed by atoms with Crippen LogP contribution in [0.5, 0.6) is 0 Å². The van der Waals surface area contributed by atoms with Gasteiger partial charge >= 0.3 is 5.97 Å². The lowest BCUT2D eigenvalue weighted by Crippen LogP contribution is -2.03. The fraction of sp³-hybridized carbons (Fsp3) is 0.286. The van der Waals surface area contributed by atoms with Gasteiger partial charge in [-0.25, -0.2) is 4.79 Å². The van der Waals surface area contributed by atoms with Crippen molar-refractivity contribution in [2.45, 2.75) is 6.42 Å². The summed E-state index contributed by atoms with van der Waals surface area (Å²) in [5, 5.41) is 0.492. The van der Waals surface area contributed by atoms with E-state index in [0.717, 1.165) is 0 Å². The van der Waals surface area contributed by atoms with Gasteiger partial charge in [0.15, 0.2) is 0 Å². The number of rotatable bonds is 1. The van der Waals surface area contributed by atoms with Crippen LogP contribution in [-0.4, -0.2) is 13.1 Å². The summed E-state index contributed by atoms with van der Waals surface area (Å²) >= 11 is 5.64. The number of esters is 1. The van der Waals surface area contributed by atoms with Crippen LogP contribution in [0.15, 0.2) is 22.8 Å². The molecule has 0 aliphatic heterocycles. The highest BCUT2D eigenvalue weighted by Crippen LogP contribution is 2.22. The molecule has 2 nitrogen and oxygen atoms in total. The van der Waals surface area contributed by atoms with Crippen LogP contribution < -0.4 is 0 Å². The molecule has 1 rings (SSSR count). The van der Waals surface area contributed by atoms with Gasteiger partial charge in [-0.15, -0.1) is 0 Å². The van der Waals surface area contributed by atoms with E-state index in [4.69, 9.17) is 11.6 Å². The van der Waals surface area contributed by atoms with Crippen LogP contribution in [0.1, 0.15) is 6.42 Å². The van der Waals surface area contributed by atoms with Crippen molar-refractivity contribution in [1.82, 2.24) is 0 Å². The highest BCUT2D eigenvalue weighted by atomic mass is 35.5. The Balaban J connectivity index is 2.76. The Kier molecular flexibility index (Phi) is 2.12. The summed E-state index contributed by atoms with van der Waals surface area (Å²) in [7, 11) is 1.35. The zero-order valence-corrected chi connectivity index (χ0v) is 6.31. The molecule has 3 heteroatoms. The van der Waals surface area contributed by atoms with Gasteiger partial charge in [0.05, 0.1) is 17.7 Å². The Morgan fingerprint density at radius 2 is 2.50 bits per heavy atom. The van der Waals surface area contributed by atoms with E-state index in [1.54, 1.807) is 6.08 Å². The molecule has 0 unspecified atom stereocenters. The van der Waals surface area contributed by atoms with E-state index in [1.165, 1.54) is 7.11 Å². The number of methoxy groups -OCH3 is 1. The number of allylic oxidation sites excluding steroid dienone is 3. The second-order valence-corrected chi connectivity index (χ2v) is 2.33. The molecule has 0 N–H and O–H groups in total. The number of carbonyl (C=O) groups excluding carboxylic acids is 1. The Morgan fingerprint density at radius 3 is 2.90 bits per heavy atom. The fourth-order valence-electron chi connectivity index (χ4n) is 0.782. The smallest absolute Gasteiger partial charge is 0.335 e. The fourth-order valence-corrected chi connectivity index (χ4v) is 1.03. The topological polar surface area (TPSA) is 26.3 Å². The van der Waals surface area contributed by atoms with Gasteiger partial charge in [0.1, 0.15) is 0 Å². The number of carbonyl (C=O) groups is 1. The van der Waals surface area contributed by atoms with Crippen molar-refractivity contribution in [1.29, 1.82) is 0 Å². The lowest BCUT2D eigenvalue weighted by molar-refractivity contribution is -0.136. The highest BCUT2D eigenvalue weighted by Gasteiger charge is 2.15. The van der Waals surface area contributed by atoms with Gasteiger partial charge in [0, 0.05) is 0 Å². The molecule has 0 aromatic heterocycles. The van der Waals surface area contributed by atoms with E-state index in [9.17, 15) is 4.79 Å². The van der Waals surface area contributed by atoms with Gasteiger partial charge in [-0.3, -0.25) is 0 Å². The molecule has 0 aromatic carbocycles. The molecule has 0 bridgehead atoms. The van der Waals surface area contributed by atoms with Gasteiger partial charge in [-0.2, -0.15) is 0 Å². The summed E-state index contributed by atoms with van der Waals surface area (Å²) in [5.74, 6) is -0.338. The van der Waals surface area contributed by atoms with Gasteiger partial charge in [0.25, 0.3) is 0 Å². The van der Waals surface area contributed by atoms with E-state index < -0.39 is 0 Å². The van der Waals surface area contributed by atoms with E-state index in [-0.39, 0.29) is 5.97 Å². The molecule has 10 heavy (non-hydrogen) atoms. The summed E-state index contributed by atoms with van der Waals surface area (Å²) in [4.78, 5) is 10.8. The van der Waals surface area contributed by atoms with Gasteiger partial charge in [-0.05, 0) is 12.5 Å². The third-order valence-corrected chi connectivity index (χ3v) is 1.66.